The van der Waals surface area contributed by atoms with Crippen LogP contribution in [0.2, 0.25) is 0 Å². The van der Waals surface area contributed by atoms with E-state index in [9.17, 15) is 10.2 Å². The predicted octanol–water partition coefficient (Wildman–Crippen LogP) is 3.85. The third-order valence-electron chi connectivity index (χ3n) is 3.21. The third-order valence-corrected chi connectivity index (χ3v) is 3.21. The van der Waals surface area contributed by atoms with E-state index in [0.29, 0.717) is 0 Å². The molecule has 102 valence electrons. The highest BCUT2D eigenvalue weighted by molar-refractivity contribution is 5.27. The highest BCUT2D eigenvalue weighted by Gasteiger charge is 2.26. The lowest BCUT2D eigenvalue weighted by atomic mass is 9.82. The molecule has 0 spiro atoms. The van der Waals surface area contributed by atoms with Gasteiger partial charge in [-0.1, -0.05) is 65.8 Å². The molecule has 0 bridgehead atoms. The van der Waals surface area contributed by atoms with E-state index in [1.165, 1.54) is 0 Å². The summed E-state index contributed by atoms with van der Waals surface area (Å²) in [6.45, 7) is 12.1. The molecule has 1 aromatic rings. The van der Waals surface area contributed by atoms with Gasteiger partial charge in [-0.25, -0.2) is 0 Å². The van der Waals surface area contributed by atoms with Crippen molar-refractivity contribution >= 4 is 0 Å². The smallest absolute Gasteiger partial charge is 0.0838 e. The first kappa shape index (κ1) is 15.2. The summed E-state index contributed by atoms with van der Waals surface area (Å²) >= 11 is 0. The summed E-state index contributed by atoms with van der Waals surface area (Å²) in [4.78, 5) is 0. The van der Waals surface area contributed by atoms with Crippen LogP contribution in [0.5, 0.6) is 0 Å². The van der Waals surface area contributed by atoms with Gasteiger partial charge in [-0.05, 0) is 22.0 Å². The zero-order chi connectivity index (χ0) is 14.1. The molecule has 2 nitrogen and oxygen atoms in total. The molecule has 0 heterocycles. The second-order valence-corrected chi connectivity index (χ2v) is 7.20. The van der Waals surface area contributed by atoms with Crippen molar-refractivity contribution in [2.75, 3.05) is 0 Å². The zero-order valence-electron chi connectivity index (χ0n) is 12.4. The summed E-state index contributed by atoms with van der Waals surface area (Å²) in [6, 6.07) is 7.61. The number of aliphatic hydroxyl groups excluding tert-OH is 2. The Balaban J connectivity index is 2.94. The van der Waals surface area contributed by atoms with E-state index in [4.69, 9.17) is 0 Å². The second-order valence-electron chi connectivity index (χ2n) is 7.20. The van der Waals surface area contributed by atoms with Gasteiger partial charge in [0.2, 0.25) is 0 Å². The van der Waals surface area contributed by atoms with Crippen molar-refractivity contribution in [2.24, 2.45) is 10.8 Å². The quantitative estimate of drug-likeness (QED) is 0.837. The molecule has 0 amide bonds. The van der Waals surface area contributed by atoms with Crippen molar-refractivity contribution < 1.29 is 10.2 Å². The molecule has 0 saturated carbocycles. The van der Waals surface area contributed by atoms with Crippen molar-refractivity contribution in [1.29, 1.82) is 0 Å². The van der Waals surface area contributed by atoms with Crippen LogP contribution in [0.4, 0.5) is 0 Å². The molecule has 2 heteroatoms. The van der Waals surface area contributed by atoms with Crippen LogP contribution < -0.4 is 0 Å². The Morgan fingerprint density at radius 2 is 0.889 bits per heavy atom. The van der Waals surface area contributed by atoms with Gasteiger partial charge in [-0.3, -0.25) is 0 Å². The minimum Gasteiger partial charge on any atom is -0.388 e. The first-order valence-electron chi connectivity index (χ1n) is 6.49. The summed E-state index contributed by atoms with van der Waals surface area (Å²) in [5.41, 5.74) is 1.44. The van der Waals surface area contributed by atoms with E-state index in [1.807, 2.05) is 65.8 Å². The number of hydrogen-bond donors (Lipinski definition) is 2. The molecule has 0 fully saturated rings. The molecule has 2 N–H and O–H groups in total. The molecular formula is C16H26O2. The van der Waals surface area contributed by atoms with Gasteiger partial charge in [-0.2, -0.15) is 0 Å². The fraction of sp³-hybridized carbons (Fsp3) is 0.625. The number of rotatable bonds is 2. The fourth-order valence-corrected chi connectivity index (χ4v) is 1.86. The molecular weight excluding hydrogens is 224 g/mol. The first-order chi connectivity index (χ1) is 8.03. The molecule has 0 aliphatic rings. The summed E-state index contributed by atoms with van der Waals surface area (Å²) < 4.78 is 0. The second kappa shape index (κ2) is 5.02. The number of aliphatic hydroxyl groups is 2. The van der Waals surface area contributed by atoms with Crippen LogP contribution in [0.3, 0.4) is 0 Å². The summed E-state index contributed by atoms with van der Waals surface area (Å²) in [6.07, 6.45) is -0.975. The van der Waals surface area contributed by atoms with Gasteiger partial charge in [0.25, 0.3) is 0 Å². The maximum absolute atomic E-state index is 10.2. The van der Waals surface area contributed by atoms with Gasteiger partial charge in [0.05, 0.1) is 12.2 Å². The zero-order valence-corrected chi connectivity index (χ0v) is 12.4. The van der Waals surface area contributed by atoms with E-state index in [2.05, 4.69) is 0 Å². The van der Waals surface area contributed by atoms with Crippen LogP contribution in [0.15, 0.2) is 24.3 Å². The van der Waals surface area contributed by atoms with Crippen LogP contribution in [0, 0.1) is 10.8 Å². The predicted molar refractivity (Wildman–Crippen MR) is 75.3 cm³/mol. The Bertz CT molecular complexity index is 340. The van der Waals surface area contributed by atoms with Gasteiger partial charge in [0, 0.05) is 0 Å². The molecule has 0 saturated heterocycles. The summed E-state index contributed by atoms with van der Waals surface area (Å²) in [5, 5.41) is 20.4. The highest BCUT2D eigenvalue weighted by Crippen LogP contribution is 2.35. The lowest BCUT2D eigenvalue weighted by Gasteiger charge is -2.28. The molecule has 18 heavy (non-hydrogen) atoms. The van der Waals surface area contributed by atoms with Gasteiger partial charge in [-0.15, -0.1) is 0 Å². The van der Waals surface area contributed by atoms with E-state index < -0.39 is 12.2 Å². The molecule has 1 rings (SSSR count). The van der Waals surface area contributed by atoms with E-state index in [1.54, 1.807) is 0 Å². The van der Waals surface area contributed by atoms with Crippen LogP contribution in [-0.2, 0) is 0 Å². The van der Waals surface area contributed by atoms with Crippen molar-refractivity contribution in [1.82, 2.24) is 0 Å². The van der Waals surface area contributed by atoms with Gasteiger partial charge in [0.15, 0.2) is 0 Å². The maximum atomic E-state index is 10.2. The normalized spacial score (nSPS) is 16.4. The Morgan fingerprint density at radius 3 is 1.06 bits per heavy atom. The van der Waals surface area contributed by atoms with E-state index in [-0.39, 0.29) is 10.8 Å². The Labute approximate surface area is 111 Å². The number of benzene rings is 1. The lowest BCUT2D eigenvalue weighted by molar-refractivity contribution is 0.0597. The summed E-state index contributed by atoms with van der Waals surface area (Å²) in [5.74, 6) is 0. The number of hydrogen-bond acceptors (Lipinski definition) is 2. The Morgan fingerprint density at radius 1 is 0.667 bits per heavy atom. The lowest BCUT2D eigenvalue weighted by Crippen LogP contribution is -2.19. The maximum Gasteiger partial charge on any atom is 0.0838 e. The van der Waals surface area contributed by atoms with E-state index in [0.717, 1.165) is 11.1 Å². The van der Waals surface area contributed by atoms with Crippen LogP contribution in [0.1, 0.15) is 64.9 Å². The molecule has 0 aliphatic heterocycles. The minimum atomic E-state index is -0.488. The average Bonchev–Trinajstić information content (AvgIpc) is 2.25. The third kappa shape index (κ3) is 3.56. The Hall–Kier alpha value is -0.860. The molecule has 0 unspecified atom stereocenters. The first-order valence-corrected chi connectivity index (χ1v) is 6.49. The Kier molecular flexibility index (Phi) is 4.24. The van der Waals surface area contributed by atoms with Crippen LogP contribution in [-0.4, -0.2) is 10.2 Å². The van der Waals surface area contributed by atoms with Crippen molar-refractivity contribution in [3.05, 3.63) is 35.4 Å². The largest absolute Gasteiger partial charge is 0.388 e. The van der Waals surface area contributed by atoms with Gasteiger partial charge < -0.3 is 10.2 Å². The van der Waals surface area contributed by atoms with Crippen molar-refractivity contribution in [2.45, 2.75) is 53.8 Å². The molecule has 1 aromatic carbocycles. The van der Waals surface area contributed by atoms with Crippen molar-refractivity contribution in [3.8, 4) is 0 Å². The highest BCUT2D eigenvalue weighted by atomic mass is 16.3. The monoisotopic (exact) mass is 250 g/mol. The molecule has 0 aromatic heterocycles. The standard InChI is InChI=1S/C16H26O2/c1-15(2,3)13(17)11-7-9-12(10-8-11)14(18)16(4,5)6/h7-10,13-14,17-18H,1-6H3/t13-,14+. The topological polar surface area (TPSA) is 40.5 Å². The van der Waals surface area contributed by atoms with Gasteiger partial charge in [0.1, 0.15) is 0 Å². The molecule has 2 atom stereocenters. The van der Waals surface area contributed by atoms with Crippen LogP contribution in [0.25, 0.3) is 0 Å². The fourth-order valence-electron chi connectivity index (χ4n) is 1.86. The minimum absolute atomic E-state index is 0.176. The molecule has 0 aliphatic carbocycles. The van der Waals surface area contributed by atoms with Crippen molar-refractivity contribution in [3.63, 3.8) is 0 Å². The molecule has 0 radical (unpaired) electrons. The van der Waals surface area contributed by atoms with Gasteiger partial charge >= 0.3 is 0 Å². The average molecular weight is 250 g/mol. The van der Waals surface area contributed by atoms with Crippen LogP contribution >= 0.6 is 0 Å². The summed E-state index contributed by atoms with van der Waals surface area (Å²) in [7, 11) is 0. The SMILES string of the molecule is CC(C)(C)[C@H](O)c1ccc([C@H](O)C(C)(C)C)cc1. The van der Waals surface area contributed by atoms with E-state index >= 15 is 0 Å².